The Bertz CT molecular complexity index is 2270. The van der Waals surface area contributed by atoms with E-state index in [-0.39, 0.29) is 33.7 Å². The first-order valence-corrected chi connectivity index (χ1v) is 18.9. The maximum absolute atomic E-state index is 13.1. The minimum absolute atomic E-state index is 0.0155. The Hall–Kier alpha value is -4.68. The van der Waals surface area contributed by atoms with Gasteiger partial charge in [-0.15, -0.1) is 10.2 Å². The van der Waals surface area contributed by atoms with Crippen molar-refractivity contribution in [3.63, 3.8) is 0 Å². The van der Waals surface area contributed by atoms with Gasteiger partial charge in [-0.2, -0.15) is 0 Å². The lowest BCUT2D eigenvalue weighted by molar-refractivity contribution is -0.126. The summed E-state index contributed by atoms with van der Waals surface area (Å²) in [6.07, 6.45) is 16.5. The molecule has 2 N–H and O–H groups in total. The number of hydrogen-bond donors (Lipinski definition) is 2. The number of aryl methyl sites for hydroxylation is 4. The van der Waals surface area contributed by atoms with Crippen LogP contribution in [0, 0.1) is 31.1 Å². The van der Waals surface area contributed by atoms with Gasteiger partial charge in [0.15, 0.2) is 11.3 Å². The Kier molecular flexibility index (Phi) is 8.41. The number of pyridine rings is 2. The molecule has 4 aliphatic carbocycles. The smallest absolute Gasteiger partial charge is 0.296 e. The number of hydrazine groups is 1. The molecular formula is C38H48N10O3. The summed E-state index contributed by atoms with van der Waals surface area (Å²) in [7, 11) is 0. The van der Waals surface area contributed by atoms with E-state index in [1.165, 1.54) is 12.8 Å². The highest BCUT2D eigenvalue weighted by Gasteiger charge is 2.59. The second-order valence-corrected chi connectivity index (χ2v) is 15.4. The van der Waals surface area contributed by atoms with Gasteiger partial charge in [0.2, 0.25) is 17.4 Å². The Labute approximate surface area is 296 Å². The van der Waals surface area contributed by atoms with Crippen LogP contribution in [0.1, 0.15) is 108 Å². The molecule has 5 heterocycles. The van der Waals surface area contributed by atoms with Crippen LogP contribution in [0.2, 0.25) is 0 Å². The van der Waals surface area contributed by atoms with Crippen molar-refractivity contribution < 1.29 is 4.79 Å². The topological polar surface area (TPSA) is 154 Å². The van der Waals surface area contributed by atoms with E-state index in [0.29, 0.717) is 36.2 Å². The van der Waals surface area contributed by atoms with E-state index in [1.807, 2.05) is 35.1 Å². The molecule has 0 saturated heterocycles. The first-order chi connectivity index (χ1) is 24.7. The lowest BCUT2D eigenvalue weighted by atomic mass is 10.00. The van der Waals surface area contributed by atoms with Crippen LogP contribution in [0.15, 0.2) is 34.1 Å². The summed E-state index contributed by atoms with van der Waals surface area (Å²) < 4.78 is 5.50. The second-order valence-electron chi connectivity index (χ2n) is 15.4. The molecule has 0 radical (unpaired) electrons. The van der Waals surface area contributed by atoms with Crippen LogP contribution in [0.5, 0.6) is 0 Å². The molecule has 1 amide bonds. The van der Waals surface area contributed by atoms with E-state index < -0.39 is 0 Å². The number of amides is 1. The van der Waals surface area contributed by atoms with Crippen LogP contribution in [0.3, 0.4) is 0 Å². The average molecular weight is 693 g/mol. The number of carbonyl (C=O) groups is 1. The molecule has 268 valence electrons. The summed E-state index contributed by atoms with van der Waals surface area (Å²) in [5.74, 6) is 2.30. The van der Waals surface area contributed by atoms with Gasteiger partial charge in [0.1, 0.15) is 5.82 Å². The van der Waals surface area contributed by atoms with E-state index in [4.69, 9.17) is 4.98 Å². The Morgan fingerprint density at radius 3 is 2.04 bits per heavy atom. The van der Waals surface area contributed by atoms with E-state index in [9.17, 15) is 14.4 Å². The molecule has 4 saturated carbocycles. The minimum Gasteiger partial charge on any atom is -0.302 e. The zero-order chi connectivity index (χ0) is 35.5. The summed E-state index contributed by atoms with van der Waals surface area (Å²) in [6.45, 7) is 9.49. The molecule has 13 nitrogen and oxygen atoms in total. The molecule has 4 fully saturated rings. The molecule has 0 aliphatic heterocycles. The standard InChI is InChI=1S/C19H25N5O2.C19H23N5O/c1-3-4-9-24-14-10-12(2)11-20-15(14)21-16(17(24)25)22-23-18(26)19(7-8-19)13-5-6-13;1-3-4-9-23-14-10-12(2)11-20-15(14)24-16(17(23)25)21-22-18(24)19(7-8-19)13-5-6-13/h10-11,13H,3-9H2,1-2H3,(H,23,26)(H,20,21,22);10-11,13H,3-9H2,1-2H3. The number of unbranched alkanes of at least 4 members (excludes halogenated alkanes) is 2. The predicted octanol–water partition coefficient (Wildman–Crippen LogP) is 5.52. The molecular weight excluding hydrogens is 644 g/mol. The highest BCUT2D eigenvalue weighted by molar-refractivity contribution is 5.87. The van der Waals surface area contributed by atoms with Crippen molar-refractivity contribution in [3.05, 3.63) is 62.2 Å². The monoisotopic (exact) mass is 692 g/mol. The van der Waals surface area contributed by atoms with Crippen LogP contribution >= 0.6 is 0 Å². The number of carbonyl (C=O) groups excluding carboxylic acids is 1. The van der Waals surface area contributed by atoms with Gasteiger partial charge < -0.3 is 9.13 Å². The van der Waals surface area contributed by atoms with Crippen LogP contribution in [-0.2, 0) is 23.3 Å². The van der Waals surface area contributed by atoms with Gasteiger partial charge in [0, 0.05) is 30.9 Å². The van der Waals surface area contributed by atoms with E-state index in [2.05, 4.69) is 50.9 Å². The van der Waals surface area contributed by atoms with Gasteiger partial charge in [0.25, 0.3) is 11.1 Å². The van der Waals surface area contributed by atoms with Crippen LogP contribution in [0.25, 0.3) is 28.0 Å². The number of nitrogens with zero attached hydrogens (tertiary/aromatic N) is 8. The van der Waals surface area contributed by atoms with Crippen LogP contribution in [-0.4, -0.2) is 44.6 Å². The number of aromatic nitrogens is 8. The molecule has 5 aromatic heterocycles. The van der Waals surface area contributed by atoms with Gasteiger partial charge in [-0.05, 0) is 113 Å². The summed E-state index contributed by atoms with van der Waals surface area (Å²) in [5, 5.41) is 8.82. The van der Waals surface area contributed by atoms with E-state index in [0.717, 1.165) is 97.8 Å². The second kappa shape index (κ2) is 12.8. The van der Waals surface area contributed by atoms with Gasteiger partial charge in [-0.25, -0.2) is 15.0 Å². The minimum atomic E-state index is -0.227. The maximum Gasteiger partial charge on any atom is 0.296 e. The van der Waals surface area contributed by atoms with Crippen molar-refractivity contribution in [3.8, 4) is 0 Å². The van der Waals surface area contributed by atoms with Crippen LogP contribution < -0.4 is 22.0 Å². The molecule has 0 aromatic carbocycles. The Morgan fingerprint density at radius 2 is 1.43 bits per heavy atom. The maximum atomic E-state index is 13.1. The van der Waals surface area contributed by atoms with Gasteiger partial charge in [-0.3, -0.25) is 29.6 Å². The first-order valence-electron chi connectivity index (χ1n) is 18.9. The molecule has 0 bridgehead atoms. The Balaban J connectivity index is 0.000000147. The molecule has 5 aromatic rings. The molecule has 0 atom stereocenters. The van der Waals surface area contributed by atoms with E-state index >= 15 is 0 Å². The van der Waals surface area contributed by atoms with Crippen molar-refractivity contribution in [1.82, 2.24) is 44.1 Å². The first kappa shape index (κ1) is 33.5. The van der Waals surface area contributed by atoms with Gasteiger partial charge in [-0.1, -0.05) is 26.7 Å². The summed E-state index contributed by atoms with van der Waals surface area (Å²) in [4.78, 5) is 51.9. The number of nitrogens with one attached hydrogen (secondary N) is 2. The number of hydrogen-bond acceptors (Lipinski definition) is 9. The number of fused-ring (bicyclic) bond motifs is 4. The number of rotatable bonds is 12. The molecule has 0 unspecified atom stereocenters. The molecule has 0 spiro atoms. The normalized spacial score (nSPS) is 18.4. The highest BCUT2D eigenvalue weighted by Crippen LogP contribution is 2.62. The zero-order valence-corrected chi connectivity index (χ0v) is 30.2. The van der Waals surface area contributed by atoms with E-state index in [1.54, 1.807) is 10.8 Å². The highest BCUT2D eigenvalue weighted by atomic mass is 16.2. The van der Waals surface area contributed by atoms with Crippen molar-refractivity contribution in [2.45, 2.75) is 123 Å². The van der Waals surface area contributed by atoms with Crippen molar-refractivity contribution >= 4 is 39.7 Å². The van der Waals surface area contributed by atoms with Crippen molar-refractivity contribution in [2.24, 2.45) is 17.3 Å². The average Bonchev–Trinajstić information content (AvgIpc) is 3.94. The lowest BCUT2D eigenvalue weighted by Crippen LogP contribution is -2.40. The quantitative estimate of drug-likeness (QED) is 0.161. The van der Waals surface area contributed by atoms with Crippen molar-refractivity contribution in [2.75, 3.05) is 5.43 Å². The predicted molar refractivity (Wildman–Crippen MR) is 195 cm³/mol. The Morgan fingerprint density at radius 1 is 0.804 bits per heavy atom. The van der Waals surface area contributed by atoms with Crippen molar-refractivity contribution in [1.29, 1.82) is 0 Å². The fourth-order valence-corrected chi connectivity index (χ4v) is 7.89. The largest absolute Gasteiger partial charge is 0.302 e. The fourth-order valence-electron chi connectivity index (χ4n) is 7.89. The summed E-state index contributed by atoms with van der Waals surface area (Å²) in [5.41, 5.74) is 10.6. The molecule has 13 heteroatoms. The SMILES string of the molecule is CCCCn1c(=O)c(NNC(=O)C2(C3CC3)CC2)nc2ncc(C)cc21.CCCCn1c(=O)c2nnc(C3(C4CC4)CC3)n2c2ncc(C)cc21. The zero-order valence-electron chi connectivity index (χ0n) is 30.2. The van der Waals surface area contributed by atoms with Gasteiger partial charge in [0.05, 0.1) is 16.4 Å². The molecule has 9 rings (SSSR count). The molecule has 4 aliphatic rings. The van der Waals surface area contributed by atoms with Gasteiger partial charge >= 0.3 is 0 Å². The fraction of sp³-hybridized carbons (Fsp3) is 0.579. The lowest BCUT2D eigenvalue weighted by Gasteiger charge is -2.16. The van der Waals surface area contributed by atoms with Crippen LogP contribution in [0.4, 0.5) is 5.82 Å². The molecule has 51 heavy (non-hydrogen) atoms. The third kappa shape index (κ3) is 5.97. The number of anilines is 1. The third-order valence-electron chi connectivity index (χ3n) is 11.5. The summed E-state index contributed by atoms with van der Waals surface area (Å²) >= 11 is 0. The third-order valence-corrected chi connectivity index (χ3v) is 11.5. The summed E-state index contributed by atoms with van der Waals surface area (Å²) in [6, 6.07) is 4.00.